The van der Waals surface area contributed by atoms with E-state index in [9.17, 15) is 22.8 Å². The predicted molar refractivity (Wildman–Crippen MR) is 109 cm³/mol. The van der Waals surface area contributed by atoms with Gasteiger partial charge in [0.2, 0.25) is 0 Å². The number of anilines is 1. The Morgan fingerprint density at radius 2 is 1.90 bits per heavy atom. The smallest absolute Gasteiger partial charge is 0.399 e. The molecule has 1 aromatic heterocycles. The van der Waals surface area contributed by atoms with E-state index in [1.807, 2.05) is 0 Å². The van der Waals surface area contributed by atoms with Crippen molar-refractivity contribution in [3.8, 4) is 0 Å². The van der Waals surface area contributed by atoms with Crippen LogP contribution in [0.5, 0.6) is 0 Å². The molecule has 2 aromatic rings. The second-order valence-corrected chi connectivity index (χ2v) is 7.05. The standard InChI is InChI=1S/C20H23F3N6O2/c21-20(22,23)15-5-3-4-14(10-15)12-25-19(31)17-13-29(27-26-17)8-2-1-7-28-9-6-16(24)11-18(28)30/h3-6,9-11,13,26-27H,1-2,7-8,12,24H2,(H,25,31). The van der Waals surface area contributed by atoms with Crippen LogP contribution in [0, 0.1) is 0 Å². The number of aromatic nitrogens is 1. The highest BCUT2D eigenvalue weighted by atomic mass is 19.4. The van der Waals surface area contributed by atoms with Crippen LogP contribution in [0.4, 0.5) is 18.9 Å². The molecule has 0 spiro atoms. The molecule has 1 aliphatic heterocycles. The van der Waals surface area contributed by atoms with Crippen molar-refractivity contribution in [1.29, 1.82) is 0 Å². The number of nitrogen functional groups attached to an aromatic ring is 1. The van der Waals surface area contributed by atoms with Crippen LogP contribution in [-0.4, -0.2) is 22.0 Å². The molecule has 0 atom stereocenters. The summed E-state index contributed by atoms with van der Waals surface area (Å²) in [7, 11) is 0. The maximum absolute atomic E-state index is 12.8. The minimum atomic E-state index is -4.43. The first kappa shape index (κ1) is 22.2. The Balaban J connectivity index is 1.43. The Hall–Kier alpha value is -3.47. The number of hydrogen-bond donors (Lipinski definition) is 4. The monoisotopic (exact) mass is 436 g/mol. The number of unbranched alkanes of at least 4 members (excludes halogenated alkanes) is 1. The number of nitrogens with zero attached hydrogens (tertiary/aromatic N) is 2. The molecule has 0 saturated carbocycles. The van der Waals surface area contributed by atoms with Gasteiger partial charge in [0, 0.05) is 43.8 Å². The van der Waals surface area contributed by atoms with Crippen molar-refractivity contribution in [3.63, 3.8) is 0 Å². The molecule has 2 heterocycles. The molecule has 11 heteroatoms. The third kappa shape index (κ3) is 6.25. The molecule has 0 unspecified atom stereocenters. The molecule has 5 N–H and O–H groups in total. The van der Waals surface area contributed by atoms with Crippen molar-refractivity contribution in [2.75, 3.05) is 12.3 Å². The van der Waals surface area contributed by atoms with E-state index in [-0.39, 0.29) is 17.8 Å². The van der Waals surface area contributed by atoms with Gasteiger partial charge in [0.15, 0.2) is 0 Å². The Morgan fingerprint density at radius 1 is 1.13 bits per heavy atom. The number of benzene rings is 1. The van der Waals surface area contributed by atoms with Gasteiger partial charge in [-0.05, 0) is 36.6 Å². The highest BCUT2D eigenvalue weighted by Gasteiger charge is 2.30. The van der Waals surface area contributed by atoms with Gasteiger partial charge in [-0.1, -0.05) is 12.1 Å². The number of hydrazine groups is 2. The molecular formula is C20H23F3N6O2. The summed E-state index contributed by atoms with van der Waals surface area (Å²) in [5.74, 6) is -0.444. The molecule has 0 aliphatic carbocycles. The summed E-state index contributed by atoms with van der Waals surface area (Å²) >= 11 is 0. The van der Waals surface area contributed by atoms with Gasteiger partial charge in [-0.25, -0.2) is 0 Å². The molecule has 31 heavy (non-hydrogen) atoms. The summed E-state index contributed by atoms with van der Waals surface area (Å²) in [5, 5.41) is 4.27. The molecule has 1 amide bonds. The van der Waals surface area contributed by atoms with Gasteiger partial charge in [-0.3, -0.25) is 20.0 Å². The second kappa shape index (κ2) is 9.56. The maximum atomic E-state index is 12.8. The molecule has 0 bridgehead atoms. The number of carbonyl (C=O) groups excluding carboxylic acids is 1. The number of nitrogens with one attached hydrogen (secondary N) is 3. The quantitative estimate of drug-likeness (QED) is 0.470. The molecule has 0 radical (unpaired) electrons. The number of nitrogens with two attached hydrogens (primary N) is 1. The number of hydrogen-bond acceptors (Lipinski definition) is 6. The van der Waals surface area contributed by atoms with Crippen LogP contribution < -0.4 is 27.6 Å². The van der Waals surface area contributed by atoms with Crippen LogP contribution in [0.3, 0.4) is 0 Å². The van der Waals surface area contributed by atoms with Crippen molar-refractivity contribution in [2.45, 2.75) is 32.1 Å². The fraction of sp³-hybridized carbons (Fsp3) is 0.300. The summed E-state index contributed by atoms with van der Waals surface area (Å²) in [4.78, 5) is 24.0. The minimum absolute atomic E-state index is 0.0296. The number of pyridine rings is 1. The van der Waals surface area contributed by atoms with Crippen LogP contribution in [0.1, 0.15) is 24.0 Å². The van der Waals surface area contributed by atoms with Crippen LogP contribution in [0.25, 0.3) is 0 Å². The number of rotatable bonds is 8. The number of aryl methyl sites for hydroxylation is 1. The van der Waals surface area contributed by atoms with Crippen LogP contribution in [-0.2, 0) is 24.1 Å². The van der Waals surface area contributed by atoms with Gasteiger partial charge in [0.05, 0.1) is 5.56 Å². The fourth-order valence-electron chi connectivity index (χ4n) is 3.00. The van der Waals surface area contributed by atoms with Crippen molar-refractivity contribution in [3.05, 3.63) is 76.0 Å². The summed E-state index contributed by atoms with van der Waals surface area (Å²) in [6.07, 6.45) is 0.298. The highest BCUT2D eigenvalue weighted by Crippen LogP contribution is 2.29. The van der Waals surface area contributed by atoms with E-state index in [1.54, 1.807) is 28.0 Å². The van der Waals surface area contributed by atoms with Crippen molar-refractivity contribution in [1.82, 2.24) is 25.9 Å². The Bertz CT molecular complexity index is 1020. The van der Waals surface area contributed by atoms with E-state index in [0.29, 0.717) is 24.3 Å². The second-order valence-electron chi connectivity index (χ2n) is 7.05. The first-order chi connectivity index (χ1) is 14.7. The molecule has 0 fully saturated rings. The largest absolute Gasteiger partial charge is 0.416 e. The third-order valence-corrected chi connectivity index (χ3v) is 4.64. The van der Waals surface area contributed by atoms with Crippen LogP contribution >= 0.6 is 0 Å². The highest BCUT2D eigenvalue weighted by molar-refractivity contribution is 5.92. The molecule has 1 aromatic carbocycles. The van der Waals surface area contributed by atoms with Gasteiger partial charge in [0.25, 0.3) is 11.5 Å². The van der Waals surface area contributed by atoms with Crippen LogP contribution in [0.15, 0.2) is 59.3 Å². The van der Waals surface area contributed by atoms with E-state index >= 15 is 0 Å². The number of carbonyl (C=O) groups is 1. The molecule has 8 nitrogen and oxygen atoms in total. The molecular weight excluding hydrogens is 413 g/mol. The third-order valence-electron chi connectivity index (χ3n) is 4.64. The number of halogens is 3. The van der Waals surface area contributed by atoms with E-state index < -0.39 is 17.6 Å². The van der Waals surface area contributed by atoms with E-state index in [4.69, 9.17) is 5.73 Å². The number of amides is 1. The number of alkyl halides is 3. The zero-order valence-electron chi connectivity index (χ0n) is 16.6. The Labute approximate surface area is 176 Å². The average molecular weight is 436 g/mol. The van der Waals surface area contributed by atoms with Gasteiger partial charge >= 0.3 is 6.18 Å². The van der Waals surface area contributed by atoms with Crippen molar-refractivity contribution < 1.29 is 18.0 Å². The molecule has 3 rings (SSSR count). The summed E-state index contributed by atoms with van der Waals surface area (Å²) in [6.45, 7) is 1.10. The SMILES string of the molecule is Nc1ccn(CCCCN2C=C(C(=O)NCc3cccc(C(F)(F)F)c3)NN2)c(=O)c1. The fourth-order valence-corrected chi connectivity index (χ4v) is 3.00. The lowest BCUT2D eigenvalue weighted by Crippen LogP contribution is -2.39. The van der Waals surface area contributed by atoms with Gasteiger partial charge in [-0.15, -0.1) is 5.53 Å². The van der Waals surface area contributed by atoms with Gasteiger partial charge in [-0.2, -0.15) is 13.2 Å². The minimum Gasteiger partial charge on any atom is -0.399 e. The molecule has 1 aliphatic rings. The van der Waals surface area contributed by atoms with Crippen LogP contribution in [0.2, 0.25) is 0 Å². The summed E-state index contributed by atoms with van der Waals surface area (Å²) in [5.41, 5.74) is 11.2. The first-order valence-electron chi connectivity index (χ1n) is 9.63. The zero-order chi connectivity index (χ0) is 22.4. The van der Waals surface area contributed by atoms with E-state index in [2.05, 4.69) is 16.3 Å². The summed E-state index contributed by atoms with van der Waals surface area (Å²) in [6, 6.07) is 7.85. The maximum Gasteiger partial charge on any atom is 0.416 e. The normalized spacial score (nSPS) is 13.6. The van der Waals surface area contributed by atoms with Gasteiger partial charge < -0.3 is 15.6 Å². The lowest BCUT2D eigenvalue weighted by atomic mass is 10.1. The van der Waals surface area contributed by atoms with Gasteiger partial charge in [0.1, 0.15) is 5.70 Å². The first-order valence-corrected chi connectivity index (χ1v) is 9.63. The molecule has 166 valence electrons. The topological polar surface area (TPSA) is 104 Å². The van der Waals surface area contributed by atoms with Crippen molar-refractivity contribution >= 4 is 11.6 Å². The zero-order valence-corrected chi connectivity index (χ0v) is 16.6. The predicted octanol–water partition coefficient (Wildman–Crippen LogP) is 1.71. The van der Waals surface area contributed by atoms with E-state index in [0.717, 1.165) is 25.0 Å². The molecule has 0 saturated heterocycles. The van der Waals surface area contributed by atoms with E-state index in [1.165, 1.54) is 18.2 Å². The average Bonchev–Trinajstić information content (AvgIpc) is 3.19. The Kier molecular flexibility index (Phi) is 6.85. The van der Waals surface area contributed by atoms with Crippen molar-refractivity contribution in [2.24, 2.45) is 0 Å². The summed E-state index contributed by atoms with van der Waals surface area (Å²) < 4.78 is 39.9. The Morgan fingerprint density at radius 3 is 2.65 bits per heavy atom. The lowest BCUT2D eigenvalue weighted by molar-refractivity contribution is -0.137. The lowest BCUT2D eigenvalue weighted by Gasteiger charge is -2.14.